The number of nitrogens with zero attached hydrogens (tertiary/aromatic N) is 1. The lowest BCUT2D eigenvalue weighted by Crippen LogP contribution is -2.45. The van der Waals surface area contributed by atoms with Crippen LogP contribution in [0.25, 0.3) is 0 Å². The molecule has 0 spiro atoms. The molecular formula is C15H20ClFN2. The molecule has 1 fully saturated rings. The summed E-state index contributed by atoms with van der Waals surface area (Å²) in [6, 6.07) is 5.35. The van der Waals surface area contributed by atoms with Crippen molar-refractivity contribution in [2.45, 2.75) is 18.9 Å². The van der Waals surface area contributed by atoms with E-state index < -0.39 is 0 Å². The molecule has 104 valence electrons. The minimum Gasteiger partial charge on any atom is -0.314 e. The molecule has 1 saturated heterocycles. The van der Waals surface area contributed by atoms with E-state index in [0.717, 1.165) is 44.6 Å². The van der Waals surface area contributed by atoms with E-state index in [1.807, 2.05) is 12.1 Å². The van der Waals surface area contributed by atoms with Crippen molar-refractivity contribution >= 4 is 11.6 Å². The second-order valence-corrected chi connectivity index (χ2v) is 5.25. The number of rotatable bonds is 5. The standard InChI is InChI=1S/C15H20ClFN2/c1-2-3-4-15(19-9-7-18-8-10-19)12-5-6-14(17)13(16)11-12/h2,5-6,11,15,18H,1,3-4,7-10H2/t15-/m1/s1. The average Bonchev–Trinajstić information content (AvgIpc) is 2.44. The first-order valence-corrected chi connectivity index (χ1v) is 7.11. The van der Waals surface area contributed by atoms with Gasteiger partial charge in [-0.05, 0) is 30.5 Å². The van der Waals surface area contributed by atoms with Crippen LogP contribution in [0, 0.1) is 5.82 Å². The van der Waals surface area contributed by atoms with Gasteiger partial charge < -0.3 is 5.32 Å². The summed E-state index contributed by atoms with van der Waals surface area (Å²) in [6.45, 7) is 7.81. The van der Waals surface area contributed by atoms with Crippen molar-refractivity contribution in [1.82, 2.24) is 10.2 Å². The molecule has 1 aromatic rings. The summed E-state index contributed by atoms with van der Waals surface area (Å²) in [7, 11) is 0. The van der Waals surface area contributed by atoms with Crippen molar-refractivity contribution in [3.05, 3.63) is 47.3 Å². The van der Waals surface area contributed by atoms with Gasteiger partial charge in [0.2, 0.25) is 0 Å². The van der Waals surface area contributed by atoms with Crippen molar-refractivity contribution < 1.29 is 4.39 Å². The van der Waals surface area contributed by atoms with Gasteiger partial charge in [0, 0.05) is 32.2 Å². The first kappa shape index (κ1) is 14.5. The molecule has 4 heteroatoms. The molecule has 0 amide bonds. The maximum atomic E-state index is 13.3. The highest BCUT2D eigenvalue weighted by Gasteiger charge is 2.22. The third-order valence-electron chi connectivity index (χ3n) is 3.57. The van der Waals surface area contributed by atoms with Gasteiger partial charge in [0.1, 0.15) is 5.82 Å². The molecule has 0 saturated carbocycles. The van der Waals surface area contributed by atoms with Gasteiger partial charge >= 0.3 is 0 Å². The van der Waals surface area contributed by atoms with Crippen LogP contribution < -0.4 is 5.32 Å². The van der Waals surface area contributed by atoms with E-state index in [2.05, 4.69) is 16.8 Å². The van der Waals surface area contributed by atoms with Crippen molar-refractivity contribution in [2.24, 2.45) is 0 Å². The number of piperazine rings is 1. The van der Waals surface area contributed by atoms with Gasteiger partial charge in [-0.15, -0.1) is 6.58 Å². The molecule has 0 unspecified atom stereocenters. The van der Waals surface area contributed by atoms with E-state index in [1.54, 1.807) is 6.07 Å². The van der Waals surface area contributed by atoms with Crippen LogP contribution in [0.15, 0.2) is 30.9 Å². The zero-order valence-corrected chi connectivity index (χ0v) is 11.8. The molecule has 0 aliphatic carbocycles. The summed E-state index contributed by atoms with van der Waals surface area (Å²) in [4.78, 5) is 2.43. The minimum atomic E-state index is -0.354. The first-order chi connectivity index (χ1) is 9.22. The first-order valence-electron chi connectivity index (χ1n) is 6.73. The smallest absolute Gasteiger partial charge is 0.141 e. The van der Waals surface area contributed by atoms with E-state index in [9.17, 15) is 4.39 Å². The SMILES string of the molecule is C=CCC[C@H](c1ccc(F)c(Cl)c1)N1CCNCC1. The van der Waals surface area contributed by atoms with Gasteiger partial charge in [-0.25, -0.2) is 4.39 Å². The maximum Gasteiger partial charge on any atom is 0.141 e. The van der Waals surface area contributed by atoms with Crippen LogP contribution in [0.4, 0.5) is 4.39 Å². The molecule has 1 aliphatic rings. The second kappa shape index (κ2) is 7.04. The Hall–Kier alpha value is -0.900. The highest BCUT2D eigenvalue weighted by Crippen LogP contribution is 2.29. The Balaban J connectivity index is 2.19. The molecule has 1 atom stereocenters. The van der Waals surface area contributed by atoms with Crippen molar-refractivity contribution in [2.75, 3.05) is 26.2 Å². The Labute approximate surface area is 119 Å². The van der Waals surface area contributed by atoms with Gasteiger partial charge in [0.05, 0.1) is 5.02 Å². The minimum absolute atomic E-state index is 0.205. The normalized spacial score (nSPS) is 18.2. The summed E-state index contributed by atoms with van der Waals surface area (Å²) in [5.41, 5.74) is 1.09. The summed E-state index contributed by atoms with van der Waals surface area (Å²) in [5.74, 6) is -0.354. The highest BCUT2D eigenvalue weighted by molar-refractivity contribution is 6.30. The van der Waals surface area contributed by atoms with E-state index in [-0.39, 0.29) is 16.9 Å². The maximum absolute atomic E-state index is 13.3. The van der Waals surface area contributed by atoms with E-state index in [0.29, 0.717) is 0 Å². The highest BCUT2D eigenvalue weighted by atomic mass is 35.5. The van der Waals surface area contributed by atoms with Crippen LogP contribution in [-0.2, 0) is 0 Å². The molecule has 1 aromatic carbocycles. The van der Waals surface area contributed by atoms with Crippen LogP contribution in [0.3, 0.4) is 0 Å². The third-order valence-corrected chi connectivity index (χ3v) is 3.85. The molecule has 1 aliphatic heterocycles. The molecule has 0 bridgehead atoms. The van der Waals surface area contributed by atoms with Crippen LogP contribution in [0.5, 0.6) is 0 Å². The predicted molar refractivity (Wildman–Crippen MR) is 78.0 cm³/mol. The molecule has 1 N–H and O–H groups in total. The van der Waals surface area contributed by atoms with Crippen molar-refractivity contribution in [3.63, 3.8) is 0 Å². The number of hydrogen-bond acceptors (Lipinski definition) is 2. The summed E-state index contributed by atoms with van der Waals surface area (Å²) >= 11 is 5.90. The summed E-state index contributed by atoms with van der Waals surface area (Å²) in [6.07, 6.45) is 3.87. The molecule has 2 nitrogen and oxygen atoms in total. The molecular weight excluding hydrogens is 263 g/mol. The lowest BCUT2D eigenvalue weighted by Gasteiger charge is -2.35. The fourth-order valence-corrected chi connectivity index (χ4v) is 2.74. The lowest BCUT2D eigenvalue weighted by molar-refractivity contribution is 0.166. The van der Waals surface area contributed by atoms with Gasteiger partial charge in [0.25, 0.3) is 0 Å². The van der Waals surface area contributed by atoms with Gasteiger partial charge in [-0.2, -0.15) is 0 Å². The number of halogens is 2. The Morgan fingerprint density at radius 1 is 1.42 bits per heavy atom. The Kier molecular flexibility index (Phi) is 5.37. The van der Waals surface area contributed by atoms with E-state index >= 15 is 0 Å². The quantitative estimate of drug-likeness (QED) is 0.833. The van der Waals surface area contributed by atoms with Crippen molar-refractivity contribution in [3.8, 4) is 0 Å². The number of benzene rings is 1. The van der Waals surface area contributed by atoms with Crippen LogP contribution in [0.1, 0.15) is 24.4 Å². The number of hydrogen-bond donors (Lipinski definition) is 1. The van der Waals surface area contributed by atoms with Gasteiger partial charge in [-0.1, -0.05) is 23.7 Å². The molecule has 2 rings (SSSR count). The monoisotopic (exact) mass is 282 g/mol. The number of allylic oxidation sites excluding steroid dienone is 1. The number of nitrogens with one attached hydrogen (secondary N) is 1. The fourth-order valence-electron chi connectivity index (χ4n) is 2.55. The van der Waals surface area contributed by atoms with Crippen LogP contribution >= 0.6 is 11.6 Å². The topological polar surface area (TPSA) is 15.3 Å². The Bertz CT molecular complexity index is 430. The van der Waals surface area contributed by atoms with E-state index in [1.165, 1.54) is 6.07 Å². The third kappa shape index (κ3) is 3.78. The van der Waals surface area contributed by atoms with Crippen molar-refractivity contribution in [1.29, 1.82) is 0 Å². The zero-order chi connectivity index (χ0) is 13.7. The molecule has 0 radical (unpaired) electrons. The largest absolute Gasteiger partial charge is 0.314 e. The Morgan fingerprint density at radius 3 is 2.79 bits per heavy atom. The van der Waals surface area contributed by atoms with Crippen LogP contribution in [0.2, 0.25) is 5.02 Å². The zero-order valence-electron chi connectivity index (χ0n) is 11.0. The average molecular weight is 283 g/mol. The predicted octanol–water partition coefficient (Wildman–Crippen LogP) is 3.39. The lowest BCUT2D eigenvalue weighted by atomic mass is 9.99. The van der Waals surface area contributed by atoms with Crippen LogP contribution in [-0.4, -0.2) is 31.1 Å². The second-order valence-electron chi connectivity index (χ2n) is 4.84. The van der Waals surface area contributed by atoms with Gasteiger partial charge in [0.15, 0.2) is 0 Å². The summed E-state index contributed by atoms with van der Waals surface area (Å²) in [5, 5.41) is 3.55. The Morgan fingerprint density at radius 2 is 2.16 bits per heavy atom. The van der Waals surface area contributed by atoms with Gasteiger partial charge in [-0.3, -0.25) is 4.90 Å². The molecule has 19 heavy (non-hydrogen) atoms. The van der Waals surface area contributed by atoms with E-state index in [4.69, 9.17) is 11.6 Å². The molecule has 0 aromatic heterocycles. The fraction of sp³-hybridized carbons (Fsp3) is 0.467. The summed E-state index contributed by atoms with van der Waals surface area (Å²) < 4.78 is 13.3. The molecule has 1 heterocycles.